The van der Waals surface area contributed by atoms with Crippen LogP contribution in [0, 0.1) is 0 Å². The zero-order valence-electron chi connectivity index (χ0n) is 20.1. The van der Waals surface area contributed by atoms with Gasteiger partial charge in [-0.3, -0.25) is 9.69 Å². The first-order chi connectivity index (χ1) is 14.4. The second-order valence-corrected chi connectivity index (χ2v) is 10.4. The molecule has 0 aromatic heterocycles. The molecule has 0 aliphatic carbocycles. The second kappa shape index (κ2) is 8.66. The number of fused-ring (bicyclic) bond motifs is 1. The quantitative estimate of drug-likeness (QED) is 0.589. The summed E-state index contributed by atoms with van der Waals surface area (Å²) in [6.07, 6.45) is 2.10. The Kier molecular flexibility index (Phi) is 6.52. The maximum atomic E-state index is 11.0. The molecule has 1 unspecified atom stereocenters. The Bertz CT molecular complexity index is 944. The Balaban J connectivity index is 2.09. The fourth-order valence-electron chi connectivity index (χ4n) is 4.79. The topological polar surface area (TPSA) is 49.8 Å². The molecule has 2 aromatic rings. The Morgan fingerprint density at radius 2 is 1.77 bits per heavy atom. The molecule has 0 radical (unpaired) electrons. The summed E-state index contributed by atoms with van der Waals surface area (Å²) >= 11 is 0. The summed E-state index contributed by atoms with van der Waals surface area (Å²) < 4.78 is 6.56. The molecule has 0 fully saturated rings. The SMILES string of the molecule is CCC(C)N(C)Cc1cc(-c2ccc(CC(=O)O)cc2)cc2c1OC(C)(C)CC2(C)C. The summed E-state index contributed by atoms with van der Waals surface area (Å²) in [4.78, 5) is 13.4. The maximum absolute atomic E-state index is 11.0. The number of carboxylic acids is 1. The zero-order valence-corrected chi connectivity index (χ0v) is 20.1. The number of hydrogen-bond donors (Lipinski definition) is 1. The van der Waals surface area contributed by atoms with E-state index in [1.807, 2.05) is 24.3 Å². The molecule has 31 heavy (non-hydrogen) atoms. The van der Waals surface area contributed by atoms with Crippen LogP contribution in [0.1, 0.15) is 71.1 Å². The van der Waals surface area contributed by atoms with Gasteiger partial charge in [-0.1, -0.05) is 45.0 Å². The molecule has 2 aromatic carbocycles. The minimum atomic E-state index is -0.807. The van der Waals surface area contributed by atoms with E-state index in [2.05, 4.69) is 65.6 Å². The van der Waals surface area contributed by atoms with Crippen LogP contribution in [0.25, 0.3) is 11.1 Å². The molecule has 0 amide bonds. The summed E-state index contributed by atoms with van der Waals surface area (Å²) in [5.74, 6) is 0.223. The summed E-state index contributed by atoms with van der Waals surface area (Å²) in [5, 5.41) is 9.05. The standard InChI is InChI=1S/C27H37NO3/c1-8-18(2)28(7)16-22-14-21(20-11-9-19(10-12-20)13-24(29)30)15-23-25(22)31-27(5,6)17-26(23,3)4/h9-12,14-15,18H,8,13,16-17H2,1-7H3,(H,29,30). The van der Waals surface area contributed by atoms with Crippen LogP contribution in [0.5, 0.6) is 5.75 Å². The highest BCUT2D eigenvalue weighted by atomic mass is 16.5. The first kappa shape index (κ1) is 23.3. The molecular weight excluding hydrogens is 386 g/mol. The van der Waals surface area contributed by atoms with Crippen molar-refractivity contribution < 1.29 is 14.6 Å². The highest BCUT2D eigenvalue weighted by Gasteiger charge is 2.40. The van der Waals surface area contributed by atoms with E-state index < -0.39 is 5.97 Å². The van der Waals surface area contributed by atoms with Gasteiger partial charge < -0.3 is 9.84 Å². The van der Waals surface area contributed by atoms with Gasteiger partial charge in [0.25, 0.3) is 0 Å². The minimum absolute atomic E-state index is 0.0000350. The molecule has 1 atom stereocenters. The highest BCUT2D eigenvalue weighted by Crippen LogP contribution is 2.48. The van der Waals surface area contributed by atoms with Crippen LogP contribution in [0.15, 0.2) is 36.4 Å². The maximum Gasteiger partial charge on any atom is 0.307 e. The Hall–Kier alpha value is -2.33. The lowest BCUT2D eigenvalue weighted by atomic mass is 9.72. The van der Waals surface area contributed by atoms with Crippen molar-refractivity contribution >= 4 is 5.97 Å². The average Bonchev–Trinajstić information content (AvgIpc) is 2.66. The van der Waals surface area contributed by atoms with Crippen molar-refractivity contribution in [3.63, 3.8) is 0 Å². The van der Waals surface area contributed by atoms with E-state index >= 15 is 0 Å². The van der Waals surface area contributed by atoms with Crippen LogP contribution in [-0.2, 0) is 23.2 Å². The number of nitrogens with zero attached hydrogens (tertiary/aromatic N) is 1. The number of ether oxygens (including phenoxy) is 1. The van der Waals surface area contributed by atoms with Gasteiger partial charge in [-0.05, 0) is 74.9 Å². The van der Waals surface area contributed by atoms with E-state index in [0.29, 0.717) is 6.04 Å². The van der Waals surface area contributed by atoms with Crippen LogP contribution >= 0.6 is 0 Å². The molecule has 4 nitrogen and oxygen atoms in total. The highest BCUT2D eigenvalue weighted by molar-refractivity contribution is 5.72. The van der Waals surface area contributed by atoms with Crippen molar-refractivity contribution in [1.29, 1.82) is 0 Å². The first-order valence-electron chi connectivity index (χ1n) is 11.3. The molecule has 0 saturated carbocycles. The van der Waals surface area contributed by atoms with Gasteiger partial charge in [-0.15, -0.1) is 0 Å². The van der Waals surface area contributed by atoms with Crippen molar-refractivity contribution in [2.75, 3.05) is 7.05 Å². The molecule has 0 saturated heterocycles. The number of carboxylic acid groups (broad SMARTS) is 1. The van der Waals surface area contributed by atoms with Gasteiger partial charge in [-0.25, -0.2) is 0 Å². The van der Waals surface area contributed by atoms with E-state index in [-0.39, 0.29) is 17.4 Å². The normalized spacial score (nSPS) is 17.7. The Morgan fingerprint density at radius 3 is 2.35 bits per heavy atom. The van der Waals surface area contributed by atoms with Crippen molar-refractivity contribution in [2.24, 2.45) is 0 Å². The molecular formula is C27H37NO3. The van der Waals surface area contributed by atoms with Gasteiger partial charge in [-0.2, -0.15) is 0 Å². The zero-order chi connectivity index (χ0) is 23.0. The van der Waals surface area contributed by atoms with Gasteiger partial charge >= 0.3 is 5.97 Å². The summed E-state index contributed by atoms with van der Waals surface area (Å²) in [6, 6.07) is 12.9. The number of benzene rings is 2. The van der Waals surface area contributed by atoms with E-state index in [0.717, 1.165) is 41.8 Å². The predicted octanol–water partition coefficient (Wildman–Crippen LogP) is 6.05. The lowest BCUT2D eigenvalue weighted by Gasteiger charge is -2.44. The van der Waals surface area contributed by atoms with Crippen LogP contribution in [-0.4, -0.2) is 34.7 Å². The molecule has 168 valence electrons. The van der Waals surface area contributed by atoms with Gasteiger partial charge in [0.1, 0.15) is 11.4 Å². The van der Waals surface area contributed by atoms with Crippen molar-refractivity contribution in [2.45, 2.75) is 84.4 Å². The number of hydrogen-bond acceptors (Lipinski definition) is 3. The van der Waals surface area contributed by atoms with Crippen LogP contribution in [0.3, 0.4) is 0 Å². The largest absolute Gasteiger partial charge is 0.487 e. The predicted molar refractivity (Wildman–Crippen MR) is 127 cm³/mol. The molecule has 1 aliphatic rings. The second-order valence-electron chi connectivity index (χ2n) is 10.4. The monoisotopic (exact) mass is 423 g/mol. The van der Waals surface area contributed by atoms with E-state index in [1.165, 1.54) is 11.1 Å². The van der Waals surface area contributed by atoms with Gasteiger partial charge in [0.15, 0.2) is 0 Å². The third kappa shape index (κ3) is 5.30. The summed E-state index contributed by atoms with van der Waals surface area (Å²) in [5.41, 5.74) is 5.34. The molecule has 3 rings (SSSR count). The number of carbonyl (C=O) groups is 1. The molecule has 4 heteroatoms. The van der Waals surface area contributed by atoms with Crippen molar-refractivity contribution in [3.8, 4) is 16.9 Å². The third-order valence-corrected chi connectivity index (χ3v) is 6.55. The smallest absolute Gasteiger partial charge is 0.307 e. The number of rotatable bonds is 7. The lowest BCUT2D eigenvalue weighted by Crippen LogP contribution is -2.42. The molecule has 1 heterocycles. The molecule has 0 bridgehead atoms. The summed E-state index contributed by atoms with van der Waals surface area (Å²) in [7, 11) is 2.17. The van der Waals surface area contributed by atoms with Crippen LogP contribution in [0.4, 0.5) is 0 Å². The molecule has 1 N–H and O–H groups in total. The average molecular weight is 424 g/mol. The van der Waals surface area contributed by atoms with E-state index in [1.54, 1.807) is 0 Å². The first-order valence-corrected chi connectivity index (χ1v) is 11.3. The van der Waals surface area contributed by atoms with Crippen LogP contribution in [0.2, 0.25) is 0 Å². The van der Waals surface area contributed by atoms with Gasteiger partial charge in [0.05, 0.1) is 6.42 Å². The van der Waals surface area contributed by atoms with E-state index in [9.17, 15) is 4.79 Å². The van der Waals surface area contributed by atoms with Crippen molar-refractivity contribution in [1.82, 2.24) is 4.90 Å². The minimum Gasteiger partial charge on any atom is -0.487 e. The van der Waals surface area contributed by atoms with E-state index in [4.69, 9.17) is 9.84 Å². The summed E-state index contributed by atoms with van der Waals surface area (Å²) in [6.45, 7) is 14.3. The number of aliphatic carboxylic acids is 1. The lowest BCUT2D eigenvalue weighted by molar-refractivity contribution is -0.136. The molecule has 1 aliphatic heterocycles. The fraction of sp³-hybridized carbons (Fsp3) is 0.519. The fourth-order valence-corrected chi connectivity index (χ4v) is 4.79. The Morgan fingerprint density at radius 1 is 1.13 bits per heavy atom. The Labute approximate surface area is 187 Å². The molecule has 0 spiro atoms. The van der Waals surface area contributed by atoms with Gasteiger partial charge in [0.2, 0.25) is 0 Å². The van der Waals surface area contributed by atoms with Gasteiger partial charge in [0, 0.05) is 23.7 Å². The third-order valence-electron chi connectivity index (χ3n) is 6.55. The van der Waals surface area contributed by atoms with Crippen molar-refractivity contribution in [3.05, 3.63) is 53.1 Å². The van der Waals surface area contributed by atoms with Crippen LogP contribution < -0.4 is 4.74 Å².